The van der Waals surface area contributed by atoms with Crippen LogP contribution in [0.4, 0.5) is 0 Å². The van der Waals surface area contributed by atoms with Crippen LogP contribution in [0.5, 0.6) is 0 Å². The van der Waals surface area contributed by atoms with Crippen molar-refractivity contribution in [3.8, 4) is 6.07 Å². The van der Waals surface area contributed by atoms with Crippen LogP contribution >= 0.6 is 0 Å². The SMILES string of the molecule is CC(C)C(C)/C=C/C#N. The Kier molecular flexibility index (Phi) is 3.79. The molecule has 0 rings (SSSR count). The van der Waals surface area contributed by atoms with Gasteiger partial charge in [0.1, 0.15) is 0 Å². The van der Waals surface area contributed by atoms with E-state index in [9.17, 15) is 0 Å². The van der Waals surface area contributed by atoms with Crippen molar-refractivity contribution in [2.75, 3.05) is 0 Å². The summed E-state index contributed by atoms with van der Waals surface area (Å²) in [6.07, 6.45) is 3.48. The van der Waals surface area contributed by atoms with E-state index in [0.717, 1.165) is 0 Å². The molecule has 0 saturated carbocycles. The third-order valence-electron chi connectivity index (χ3n) is 1.53. The van der Waals surface area contributed by atoms with Crippen LogP contribution in [0.1, 0.15) is 20.8 Å². The molecule has 0 aromatic rings. The molecule has 0 spiro atoms. The minimum atomic E-state index is 0.518. The Morgan fingerprint density at radius 2 is 1.89 bits per heavy atom. The lowest BCUT2D eigenvalue weighted by atomic mass is 9.98. The molecular formula is C8H13N. The Bertz CT molecular complexity index is 128. The summed E-state index contributed by atoms with van der Waals surface area (Å²) in [6.45, 7) is 6.40. The average molecular weight is 123 g/mol. The van der Waals surface area contributed by atoms with Gasteiger partial charge in [-0.05, 0) is 11.8 Å². The molecule has 0 amide bonds. The predicted octanol–water partition coefficient (Wildman–Crippen LogP) is 2.36. The lowest BCUT2D eigenvalue weighted by Gasteiger charge is -2.07. The van der Waals surface area contributed by atoms with Gasteiger partial charge in [-0.3, -0.25) is 0 Å². The zero-order valence-electron chi connectivity index (χ0n) is 6.26. The van der Waals surface area contributed by atoms with Gasteiger partial charge < -0.3 is 0 Å². The van der Waals surface area contributed by atoms with Crippen LogP contribution < -0.4 is 0 Å². The second kappa shape index (κ2) is 4.14. The van der Waals surface area contributed by atoms with Crippen LogP contribution in [0.2, 0.25) is 0 Å². The van der Waals surface area contributed by atoms with Crippen molar-refractivity contribution in [2.24, 2.45) is 11.8 Å². The minimum absolute atomic E-state index is 0.518. The van der Waals surface area contributed by atoms with Crippen LogP contribution in [0.3, 0.4) is 0 Å². The molecule has 0 fully saturated rings. The first-order chi connectivity index (χ1) is 4.18. The molecule has 0 aliphatic carbocycles. The molecule has 0 N–H and O–H groups in total. The van der Waals surface area contributed by atoms with Crippen molar-refractivity contribution in [1.29, 1.82) is 5.26 Å². The molecule has 0 saturated heterocycles. The van der Waals surface area contributed by atoms with E-state index < -0.39 is 0 Å². The second-order valence-corrected chi connectivity index (χ2v) is 2.59. The van der Waals surface area contributed by atoms with Gasteiger partial charge in [-0.25, -0.2) is 0 Å². The molecule has 0 heterocycles. The van der Waals surface area contributed by atoms with Gasteiger partial charge in [0.15, 0.2) is 0 Å². The highest BCUT2D eigenvalue weighted by molar-refractivity contribution is 5.03. The Morgan fingerprint density at radius 3 is 2.22 bits per heavy atom. The molecule has 9 heavy (non-hydrogen) atoms. The van der Waals surface area contributed by atoms with Crippen LogP contribution in [0.15, 0.2) is 12.2 Å². The van der Waals surface area contributed by atoms with Gasteiger partial charge in [0.2, 0.25) is 0 Å². The summed E-state index contributed by atoms with van der Waals surface area (Å²) >= 11 is 0. The van der Waals surface area contributed by atoms with Crippen molar-refractivity contribution in [3.63, 3.8) is 0 Å². The molecule has 1 unspecified atom stereocenters. The quantitative estimate of drug-likeness (QED) is 0.517. The van der Waals surface area contributed by atoms with Gasteiger partial charge in [-0.15, -0.1) is 0 Å². The van der Waals surface area contributed by atoms with E-state index in [0.29, 0.717) is 11.8 Å². The second-order valence-electron chi connectivity index (χ2n) is 2.59. The highest BCUT2D eigenvalue weighted by atomic mass is 14.2. The molecule has 0 aliphatic rings. The van der Waals surface area contributed by atoms with Crippen LogP contribution in [-0.4, -0.2) is 0 Å². The number of allylic oxidation sites excluding steroid dienone is 2. The van der Waals surface area contributed by atoms with Gasteiger partial charge in [0, 0.05) is 6.08 Å². The predicted molar refractivity (Wildman–Crippen MR) is 38.8 cm³/mol. The minimum Gasteiger partial charge on any atom is -0.193 e. The van der Waals surface area contributed by atoms with Gasteiger partial charge in [-0.1, -0.05) is 26.8 Å². The van der Waals surface area contributed by atoms with Crippen molar-refractivity contribution in [2.45, 2.75) is 20.8 Å². The van der Waals surface area contributed by atoms with Crippen molar-refractivity contribution >= 4 is 0 Å². The fourth-order valence-electron chi connectivity index (χ4n) is 0.417. The summed E-state index contributed by atoms with van der Waals surface area (Å²) in [4.78, 5) is 0. The summed E-state index contributed by atoms with van der Waals surface area (Å²) in [5, 5.41) is 8.16. The third kappa shape index (κ3) is 3.78. The third-order valence-corrected chi connectivity index (χ3v) is 1.53. The largest absolute Gasteiger partial charge is 0.193 e. The molecule has 1 atom stereocenters. The van der Waals surface area contributed by atoms with Gasteiger partial charge in [-0.2, -0.15) is 5.26 Å². The Hall–Kier alpha value is -0.770. The number of rotatable bonds is 2. The molecule has 0 aromatic heterocycles. The van der Waals surface area contributed by atoms with E-state index in [4.69, 9.17) is 5.26 Å². The first kappa shape index (κ1) is 8.23. The van der Waals surface area contributed by atoms with E-state index >= 15 is 0 Å². The maximum absolute atomic E-state index is 8.16. The van der Waals surface area contributed by atoms with Crippen molar-refractivity contribution < 1.29 is 0 Å². The molecule has 0 bridgehead atoms. The summed E-state index contributed by atoms with van der Waals surface area (Å²) in [5.41, 5.74) is 0. The molecule has 0 aromatic carbocycles. The Balaban J connectivity index is 3.65. The van der Waals surface area contributed by atoms with Crippen LogP contribution in [-0.2, 0) is 0 Å². The zero-order chi connectivity index (χ0) is 7.28. The molecular weight excluding hydrogens is 110 g/mol. The number of nitriles is 1. The number of hydrogen-bond donors (Lipinski definition) is 0. The highest BCUT2D eigenvalue weighted by Crippen LogP contribution is 2.09. The average Bonchev–Trinajstić information content (AvgIpc) is 1.82. The van der Waals surface area contributed by atoms with Gasteiger partial charge >= 0.3 is 0 Å². The highest BCUT2D eigenvalue weighted by Gasteiger charge is 2.00. The molecule has 0 radical (unpaired) electrons. The lowest BCUT2D eigenvalue weighted by Crippen LogP contribution is -1.98. The monoisotopic (exact) mass is 123 g/mol. The normalized spacial score (nSPS) is 14.1. The van der Waals surface area contributed by atoms with E-state index in [1.54, 1.807) is 6.08 Å². The summed E-state index contributed by atoms with van der Waals surface area (Å²) in [5.74, 6) is 1.15. The van der Waals surface area contributed by atoms with E-state index in [-0.39, 0.29) is 0 Å². The topological polar surface area (TPSA) is 23.8 Å². The molecule has 1 heteroatoms. The fraction of sp³-hybridized carbons (Fsp3) is 0.625. The van der Waals surface area contributed by atoms with Crippen LogP contribution in [0.25, 0.3) is 0 Å². The standard InChI is InChI=1S/C8H13N/c1-7(2)8(3)5-4-6-9/h4-5,7-8H,1-3H3/b5-4+. The first-order valence-electron chi connectivity index (χ1n) is 3.24. The molecule has 50 valence electrons. The number of hydrogen-bond acceptors (Lipinski definition) is 1. The van der Waals surface area contributed by atoms with E-state index in [2.05, 4.69) is 20.8 Å². The molecule has 0 aliphatic heterocycles. The lowest BCUT2D eigenvalue weighted by molar-refractivity contribution is 0.504. The van der Waals surface area contributed by atoms with E-state index in [1.165, 1.54) is 0 Å². The summed E-state index contributed by atoms with van der Waals surface area (Å²) in [7, 11) is 0. The first-order valence-corrected chi connectivity index (χ1v) is 3.24. The van der Waals surface area contributed by atoms with Gasteiger partial charge in [0.25, 0.3) is 0 Å². The van der Waals surface area contributed by atoms with E-state index in [1.807, 2.05) is 12.1 Å². The summed E-state index contributed by atoms with van der Waals surface area (Å²) < 4.78 is 0. The fourth-order valence-corrected chi connectivity index (χ4v) is 0.417. The Morgan fingerprint density at radius 1 is 1.33 bits per heavy atom. The van der Waals surface area contributed by atoms with Crippen LogP contribution in [0, 0.1) is 23.2 Å². The van der Waals surface area contributed by atoms with Gasteiger partial charge in [0.05, 0.1) is 6.07 Å². The smallest absolute Gasteiger partial charge is 0.0908 e. The maximum Gasteiger partial charge on any atom is 0.0908 e. The maximum atomic E-state index is 8.16. The van der Waals surface area contributed by atoms with Crippen molar-refractivity contribution in [1.82, 2.24) is 0 Å². The Labute approximate surface area is 57.0 Å². The zero-order valence-corrected chi connectivity index (χ0v) is 6.26. The van der Waals surface area contributed by atoms with Crippen molar-refractivity contribution in [3.05, 3.63) is 12.2 Å². The number of nitrogens with zero attached hydrogens (tertiary/aromatic N) is 1. The molecule has 1 nitrogen and oxygen atoms in total. The summed E-state index contributed by atoms with van der Waals surface area (Å²) in [6, 6.07) is 1.97.